The van der Waals surface area contributed by atoms with E-state index < -0.39 is 41.4 Å². The van der Waals surface area contributed by atoms with E-state index in [9.17, 15) is 18.6 Å². The van der Waals surface area contributed by atoms with Crippen molar-refractivity contribution in [3.63, 3.8) is 0 Å². The summed E-state index contributed by atoms with van der Waals surface area (Å²) in [5.74, 6) is 0.494. The Hall–Kier alpha value is -1.90. The summed E-state index contributed by atoms with van der Waals surface area (Å²) in [6, 6.07) is 0. The number of hydrogen-bond donors (Lipinski definition) is 5. The molecule has 0 aromatic carbocycles. The number of nitrogens with one attached hydrogen (secondary N) is 1. The van der Waals surface area contributed by atoms with Crippen LogP contribution in [0.3, 0.4) is 0 Å². The minimum atomic E-state index is -4.46. The van der Waals surface area contributed by atoms with E-state index >= 15 is 0 Å². The summed E-state index contributed by atoms with van der Waals surface area (Å²) >= 11 is 0. The van der Waals surface area contributed by atoms with Crippen LogP contribution in [0.25, 0.3) is 11.0 Å². The Morgan fingerprint density at radius 2 is 2.04 bits per heavy atom. The molecule has 142 valence electrons. The van der Waals surface area contributed by atoms with E-state index in [4.69, 9.17) is 15.0 Å². The molecule has 2 aromatic heterocycles. The van der Waals surface area contributed by atoms with Gasteiger partial charge in [0.2, 0.25) is 0 Å². The molecular weight excluding hydrogens is 368 g/mol. The van der Waals surface area contributed by atoms with Crippen LogP contribution in [-0.4, -0.2) is 67.8 Å². The number of nitrogens with two attached hydrogens (primary N) is 1. The van der Waals surface area contributed by atoms with Gasteiger partial charge >= 0.3 is 10.3 Å². The standard InChI is InChI=1S/C13H18N6O6S/c14-11-7-8(5-1-2-5)18-19(12(7)16-4-15-11)13-10(21)9(20)6(25-13)3-17-26(22,23)24/h4-6,9-10,13,17,20-21H,1-3H2,(H2,14,15,16)(H,22,23,24)/t6-,9-,10-,13-/m1/s1. The Morgan fingerprint density at radius 1 is 1.31 bits per heavy atom. The van der Waals surface area contributed by atoms with Crippen LogP contribution in [0.1, 0.15) is 30.7 Å². The fraction of sp³-hybridized carbons (Fsp3) is 0.615. The molecule has 0 bridgehead atoms. The number of rotatable bonds is 5. The van der Waals surface area contributed by atoms with Crippen molar-refractivity contribution in [3.05, 3.63) is 12.0 Å². The van der Waals surface area contributed by atoms with Crippen molar-refractivity contribution < 1.29 is 27.9 Å². The van der Waals surface area contributed by atoms with Gasteiger partial charge in [0.15, 0.2) is 11.9 Å². The predicted molar refractivity (Wildman–Crippen MR) is 87.2 cm³/mol. The molecule has 0 spiro atoms. The van der Waals surface area contributed by atoms with E-state index in [1.165, 1.54) is 11.0 Å². The molecule has 6 N–H and O–H groups in total. The van der Waals surface area contributed by atoms with Crippen molar-refractivity contribution in [2.45, 2.75) is 43.3 Å². The van der Waals surface area contributed by atoms with Crippen LogP contribution >= 0.6 is 0 Å². The average molecular weight is 386 g/mol. The van der Waals surface area contributed by atoms with Crippen LogP contribution in [0.5, 0.6) is 0 Å². The Kier molecular flexibility index (Phi) is 4.09. The number of hydrogen-bond acceptors (Lipinski definition) is 9. The van der Waals surface area contributed by atoms with Crippen LogP contribution in [0, 0.1) is 0 Å². The molecule has 2 aromatic rings. The third kappa shape index (κ3) is 3.02. The van der Waals surface area contributed by atoms with Gasteiger partial charge in [0.1, 0.15) is 30.5 Å². The van der Waals surface area contributed by atoms with Gasteiger partial charge in [-0.3, -0.25) is 4.55 Å². The smallest absolute Gasteiger partial charge is 0.333 e. The predicted octanol–water partition coefficient (Wildman–Crippen LogP) is -1.70. The van der Waals surface area contributed by atoms with Gasteiger partial charge in [-0.05, 0) is 12.8 Å². The van der Waals surface area contributed by atoms with Crippen molar-refractivity contribution in [2.75, 3.05) is 12.3 Å². The van der Waals surface area contributed by atoms with Crippen LogP contribution in [0.4, 0.5) is 5.82 Å². The fourth-order valence-electron chi connectivity index (χ4n) is 3.13. The topological polar surface area (TPSA) is 186 Å². The maximum absolute atomic E-state index is 10.8. The molecular formula is C13H18N6O6S. The van der Waals surface area contributed by atoms with E-state index in [2.05, 4.69) is 15.1 Å². The van der Waals surface area contributed by atoms with E-state index in [0.717, 1.165) is 12.8 Å². The quantitative estimate of drug-likeness (QED) is 0.371. The molecule has 13 heteroatoms. The Morgan fingerprint density at radius 3 is 2.69 bits per heavy atom. The molecule has 0 amide bonds. The van der Waals surface area contributed by atoms with Gasteiger partial charge in [0.25, 0.3) is 0 Å². The zero-order chi connectivity index (χ0) is 18.6. The number of aliphatic hydroxyl groups is 2. The number of anilines is 1. The second-order valence-corrected chi connectivity index (χ2v) is 7.67. The van der Waals surface area contributed by atoms with Crippen molar-refractivity contribution in [3.8, 4) is 0 Å². The van der Waals surface area contributed by atoms with Crippen molar-refractivity contribution in [1.29, 1.82) is 0 Å². The van der Waals surface area contributed by atoms with E-state index in [1.54, 1.807) is 0 Å². The van der Waals surface area contributed by atoms with Gasteiger partial charge < -0.3 is 20.7 Å². The van der Waals surface area contributed by atoms with Crippen molar-refractivity contribution in [2.24, 2.45) is 0 Å². The number of nitrogen functional groups attached to an aromatic ring is 1. The lowest BCUT2D eigenvalue weighted by Crippen LogP contribution is -2.39. The molecule has 1 saturated carbocycles. The lowest BCUT2D eigenvalue weighted by molar-refractivity contribution is -0.0403. The first-order valence-corrected chi connectivity index (χ1v) is 9.42. The highest BCUT2D eigenvalue weighted by Gasteiger charge is 2.46. The molecule has 2 fully saturated rings. The lowest BCUT2D eigenvalue weighted by atomic mass is 10.1. The van der Waals surface area contributed by atoms with Crippen LogP contribution in [-0.2, 0) is 15.0 Å². The zero-order valence-corrected chi connectivity index (χ0v) is 14.2. The summed E-state index contributed by atoms with van der Waals surface area (Å²) in [6.07, 6.45) is -1.77. The summed E-state index contributed by atoms with van der Waals surface area (Å²) in [6.45, 7) is -0.417. The summed E-state index contributed by atoms with van der Waals surface area (Å²) in [7, 11) is -4.46. The highest BCUT2D eigenvalue weighted by molar-refractivity contribution is 7.83. The molecule has 0 radical (unpaired) electrons. The Labute approximate surface area is 147 Å². The van der Waals surface area contributed by atoms with Crippen LogP contribution < -0.4 is 10.5 Å². The Bertz CT molecular complexity index is 944. The summed E-state index contributed by atoms with van der Waals surface area (Å²) < 4.78 is 39.2. The SMILES string of the molecule is Nc1ncnc2c1c(C1CC1)nn2[C@@H]1O[C@H](CNS(=O)(=O)O)[C@@H](O)[C@H]1O. The maximum Gasteiger partial charge on any atom is 0.333 e. The van der Waals surface area contributed by atoms with Gasteiger partial charge in [-0.1, -0.05) is 0 Å². The van der Waals surface area contributed by atoms with Gasteiger partial charge in [-0.2, -0.15) is 18.2 Å². The molecule has 0 unspecified atom stereocenters. The van der Waals surface area contributed by atoms with Crippen molar-refractivity contribution >= 4 is 27.2 Å². The number of aliphatic hydroxyl groups excluding tert-OH is 2. The minimum Gasteiger partial charge on any atom is -0.387 e. The number of fused-ring (bicyclic) bond motifs is 1. The molecule has 2 aliphatic rings. The van der Waals surface area contributed by atoms with Crippen molar-refractivity contribution in [1.82, 2.24) is 24.5 Å². The highest BCUT2D eigenvalue weighted by Crippen LogP contribution is 2.44. The second kappa shape index (κ2) is 6.07. The monoisotopic (exact) mass is 386 g/mol. The first-order valence-electron chi connectivity index (χ1n) is 7.98. The van der Waals surface area contributed by atoms with Gasteiger partial charge in [0.05, 0.1) is 11.1 Å². The van der Waals surface area contributed by atoms with Crippen LogP contribution in [0.15, 0.2) is 6.33 Å². The van der Waals surface area contributed by atoms with E-state index in [1.807, 2.05) is 4.72 Å². The van der Waals surface area contributed by atoms with E-state index in [-0.39, 0.29) is 11.7 Å². The Balaban J connectivity index is 1.68. The van der Waals surface area contributed by atoms with Crippen LogP contribution in [0.2, 0.25) is 0 Å². The van der Waals surface area contributed by atoms with E-state index in [0.29, 0.717) is 16.7 Å². The fourth-order valence-corrected chi connectivity index (χ4v) is 3.50. The molecule has 1 aliphatic heterocycles. The summed E-state index contributed by atoms with van der Waals surface area (Å²) in [5.41, 5.74) is 7.03. The molecule has 4 atom stereocenters. The second-order valence-electron chi connectivity index (χ2n) is 6.43. The number of nitrogens with zero attached hydrogens (tertiary/aromatic N) is 4. The number of aromatic nitrogens is 4. The molecule has 3 heterocycles. The third-order valence-electron chi connectivity index (χ3n) is 4.55. The maximum atomic E-state index is 10.8. The summed E-state index contributed by atoms with van der Waals surface area (Å²) in [5, 5.41) is 25.6. The molecule has 1 aliphatic carbocycles. The normalized spacial score (nSPS) is 29.5. The summed E-state index contributed by atoms with van der Waals surface area (Å²) in [4.78, 5) is 8.15. The molecule has 4 rings (SSSR count). The van der Waals surface area contributed by atoms with Gasteiger partial charge in [0, 0.05) is 12.5 Å². The third-order valence-corrected chi connectivity index (χ3v) is 5.09. The molecule has 26 heavy (non-hydrogen) atoms. The average Bonchev–Trinajstić information content (AvgIpc) is 3.28. The largest absolute Gasteiger partial charge is 0.387 e. The van der Waals surface area contributed by atoms with Gasteiger partial charge in [-0.25, -0.2) is 14.6 Å². The molecule has 12 nitrogen and oxygen atoms in total. The highest BCUT2D eigenvalue weighted by atomic mass is 32.2. The zero-order valence-electron chi connectivity index (χ0n) is 13.4. The first kappa shape index (κ1) is 17.5. The number of ether oxygens (including phenoxy) is 1. The van der Waals surface area contributed by atoms with Gasteiger partial charge in [-0.15, -0.1) is 0 Å². The first-order chi connectivity index (χ1) is 12.3. The molecule has 1 saturated heterocycles. The minimum absolute atomic E-state index is 0.229. The lowest BCUT2D eigenvalue weighted by Gasteiger charge is -2.15.